The Morgan fingerprint density at radius 3 is 2.40 bits per heavy atom. The summed E-state index contributed by atoms with van der Waals surface area (Å²) in [4.78, 5) is 0.146. The summed E-state index contributed by atoms with van der Waals surface area (Å²) in [6.45, 7) is 5.39. The zero-order valence-corrected chi connectivity index (χ0v) is 13.6. The van der Waals surface area contributed by atoms with Gasteiger partial charge in [0.1, 0.15) is 10.6 Å². The highest BCUT2D eigenvalue weighted by molar-refractivity contribution is 7.89. The number of rotatable bonds is 3. The van der Waals surface area contributed by atoms with Crippen molar-refractivity contribution in [1.29, 1.82) is 0 Å². The normalized spacial score (nSPS) is 19.8. The van der Waals surface area contributed by atoms with Gasteiger partial charge in [-0.3, -0.25) is 0 Å². The fourth-order valence-electron chi connectivity index (χ4n) is 2.32. The third kappa shape index (κ3) is 3.10. The monoisotopic (exact) mass is 317 g/mol. The van der Waals surface area contributed by atoms with Crippen LogP contribution in [0.2, 0.25) is 5.02 Å². The Hall–Kier alpha value is -0.780. The van der Waals surface area contributed by atoms with Gasteiger partial charge in [-0.2, -0.15) is 4.31 Å². The molecule has 1 aliphatic heterocycles. The van der Waals surface area contributed by atoms with Crippen LogP contribution in [0, 0.1) is 5.41 Å². The number of nitrogens with zero attached hydrogens (tertiary/aromatic N) is 1. The first-order chi connectivity index (χ1) is 9.26. The number of benzene rings is 1. The molecule has 1 aliphatic rings. The molecule has 0 saturated carbocycles. The van der Waals surface area contributed by atoms with E-state index in [9.17, 15) is 8.42 Å². The predicted molar refractivity (Wildman–Crippen MR) is 79.8 cm³/mol. The molecule has 0 unspecified atom stereocenters. The summed E-state index contributed by atoms with van der Waals surface area (Å²) >= 11 is 5.93. The molecular weight excluding hydrogens is 298 g/mol. The SMILES string of the molecule is COc1ccc(Cl)cc1S(=O)(=O)N1CCC(C)(C)CC1. The van der Waals surface area contributed by atoms with E-state index in [1.165, 1.54) is 17.5 Å². The van der Waals surface area contributed by atoms with Gasteiger partial charge >= 0.3 is 0 Å². The number of methoxy groups -OCH3 is 1. The maximum absolute atomic E-state index is 12.7. The van der Waals surface area contributed by atoms with Crippen molar-refractivity contribution in [2.75, 3.05) is 20.2 Å². The molecule has 1 aromatic carbocycles. The lowest BCUT2D eigenvalue weighted by Gasteiger charge is -2.36. The molecule has 20 heavy (non-hydrogen) atoms. The molecule has 112 valence electrons. The van der Waals surface area contributed by atoms with Gasteiger partial charge in [-0.05, 0) is 36.5 Å². The zero-order valence-electron chi connectivity index (χ0n) is 12.0. The maximum atomic E-state index is 12.7. The number of halogens is 1. The van der Waals surface area contributed by atoms with E-state index in [0.717, 1.165) is 12.8 Å². The molecule has 1 aromatic rings. The van der Waals surface area contributed by atoms with Crippen LogP contribution in [0.3, 0.4) is 0 Å². The number of piperidine rings is 1. The summed E-state index contributed by atoms with van der Waals surface area (Å²) < 4.78 is 32.1. The number of hydrogen-bond donors (Lipinski definition) is 0. The molecule has 0 aliphatic carbocycles. The zero-order chi connectivity index (χ0) is 15.0. The molecule has 1 heterocycles. The molecule has 4 nitrogen and oxygen atoms in total. The van der Waals surface area contributed by atoms with Crippen LogP contribution in [0.4, 0.5) is 0 Å². The lowest BCUT2D eigenvalue weighted by Crippen LogP contribution is -2.41. The largest absolute Gasteiger partial charge is 0.495 e. The Kier molecular flexibility index (Phi) is 4.33. The van der Waals surface area contributed by atoms with Crippen molar-refractivity contribution in [1.82, 2.24) is 4.31 Å². The minimum Gasteiger partial charge on any atom is -0.495 e. The first-order valence-electron chi connectivity index (χ1n) is 6.60. The van der Waals surface area contributed by atoms with Crippen LogP contribution in [0.5, 0.6) is 5.75 Å². The third-order valence-corrected chi connectivity index (χ3v) is 5.97. The van der Waals surface area contributed by atoms with Gasteiger partial charge in [-0.25, -0.2) is 8.42 Å². The first kappa shape index (κ1) is 15.6. The van der Waals surface area contributed by atoms with Crippen molar-refractivity contribution in [2.24, 2.45) is 5.41 Å². The molecule has 0 atom stereocenters. The van der Waals surface area contributed by atoms with Crippen molar-refractivity contribution in [2.45, 2.75) is 31.6 Å². The van der Waals surface area contributed by atoms with Crippen molar-refractivity contribution in [3.8, 4) is 5.75 Å². The van der Waals surface area contributed by atoms with Gasteiger partial charge in [-0.15, -0.1) is 0 Å². The third-order valence-electron chi connectivity index (χ3n) is 3.82. The molecule has 0 radical (unpaired) electrons. The molecule has 0 N–H and O–H groups in total. The van der Waals surface area contributed by atoms with Crippen molar-refractivity contribution in [3.05, 3.63) is 23.2 Å². The Morgan fingerprint density at radius 1 is 1.25 bits per heavy atom. The number of sulfonamides is 1. The molecule has 0 spiro atoms. The van der Waals surface area contributed by atoms with Gasteiger partial charge in [0.2, 0.25) is 10.0 Å². The van der Waals surface area contributed by atoms with E-state index in [4.69, 9.17) is 16.3 Å². The van der Waals surface area contributed by atoms with E-state index in [1.807, 2.05) is 0 Å². The summed E-state index contributed by atoms with van der Waals surface area (Å²) in [6.07, 6.45) is 1.71. The summed E-state index contributed by atoms with van der Waals surface area (Å²) in [5.74, 6) is 0.333. The fourth-order valence-corrected chi connectivity index (χ4v) is 4.18. The molecular formula is C14H20ClNO3S. The Bertz CT molecular complexity index is 588. The van der Waals surface area contributed by atoms with Gasteiger partial charge in [0.15, 0.2) is 0 Å². The molecule has 6 heteroatoms. The summed E-state index contributed by atoms with van der Waals surface area (Å²) in [5.41, 5.74) is 0.199. The maximum Gasteiger partial charge on any atom is 0.246 e. The predicted octanol–water partition coefficient (Wildman–Crippen LogP) is 3.16. The minimum atomic E-state index is -3.55. The van der Waals surface area contributed by atoms with E-state index >= 15 is 0 Å². The quantitative estimate of drug-likeness (QED) is 0.860. The van der Waals surface area contributed by atoms with Crippen LogP contribution >= 0.6 is 11.6 Å². The fraction of sp³-hybridized carbons (Fsp3) is 0.571. The average Bonchev–Trinajstić information content (AvgIpc) is 2.38. The average molecular weight is 318 g/mol. The van der Waals surface area contributed by atoms with Gasteiger partial charge in [0.05, 0.1) is 7.11 Å². The van der Waals surface area contributed by atoms with Crippen molar-refractivity contribution in [3.63, 3.8) is 0 Å². The Labute approximate surface area is 125 Å². The van der Waals surface area contributed by atoms with Gasteiger partial charge < -0.3 is 4.74 Å². The van der Waals surface area contributed by atoms with Crippen molar-refractivity contribution < 1.29 is 13.2 Å². The van der Waals surface area contributed by atoms with E-state index in [0.29, 0.717) is 23.9 Å². The number of ether oxygens (including phenoxy) is 1. The topological polar surface area (TPSA) is 46.6 Å². The number of hydrogen-bond acceptors (Lipinski definition) is 3. The highest BCUT2D eigenvalue weighted by atomic mass is 35.5. The van der Waals surface area contributed by atoms with Crippen LogP contribution in [0.15, 0.2) is 23.1 Å². The molecule has 0 amide bonds. The second kappa shape index (κ2) is 5.54. The molecule has 1 saturated heterocycles. The molecule has 2 rings (SSSR count). The molecule has 0 bridgehead atoms. The van der Waals surface area contributed by atoms with Crippen LogP contribution in [0.1, 0.15) is 26.7 Å². The van der Waals surface area contributed by atoms with E-state index in [-0.39, 0.29) is 10.3 Å². The highest BCUT2D eigenvalue weighted by Crippen LogP contribution is 2.35. The van der Waals surface area contributed by atoms with Crippen LogP contribution < -0.4 is 4.74 Å². The lowest BCUT2D eigenvalue weighted by atomic mass is 9.83. The second-order valence-corrected chi connectivity index (χ2v) is 8.21. The van der Waals surface area contributed by atoms with E-state index < -0.39 is 10.0 Å². The van der Waals surface area contributed by atoms with Gasteiger partial charge in [-0.1, -0.05) is 25.4 Å². The van der Waals surface area contributed by atoms with Crippen LogP contribution in [0.25, 0.3) is 0 Å². The minimum absolute atomic E-state index is 0.146. The van der Waals surface area contributed by atoms with Crippen LogP contribution in [-0.4, -0.2) is 32.9 Å². The summed E-state index contributed by atoms with van der Waals surface area (Å²) in [6, 6.07) is 4.66. The highest BCUT2D eigenvalue weighted by Gasteiger charge is 2.34. The van der Waals surface area contributed by atoms with Crippen molar-refractivity contribution >= 4 is 21.6 Å². The Morgan fingerprint density at radius 2 is 1.85 bits per heavy atom. The van der Waals surface area contributed by atoms with Gasteiger partial charge in [0, 0.05) is 18.1 Å². The van der Waals surface area contributed by atoms with Gasteiger partial charge in [0.25, 0.3) is 0 Å². The Balaban J connectivity index is 2.34. The summed E-state index contributed by atoms with van der Waals surface area (Å²) in [5, 5.41) is 0.390. The smallest absolute Gasteiger partial charge is 0.246 e. The van der Waals surface area contributed by atoms with Crippen LogP contribution in [-0.2, 0) is 10.0 Å². The standard InChI is InChI=1S/C14H20ClNO3S/c1-14(2)6-8-16(9-7-14)20(17,18)13-10-11(15)4-5-12(13)19-3/h4-5,10H,6-9H2,1-3H3. The molecule has 1 fully saturated rings. The first-order valence-corrected chi connectivity index (χ1v) is 8.42. The lowest BCUT2D eigenvalue weighted by molar-refractivity contribution is 0.195. The van der Waals surface area contributed by atoms with E-state index in [2.05, 4.69) is 13.8 Å². The molecule has 0 aromatic heterocycles. The second-order valence-electron chi connectivity index (χ2n) is 5.86. The van der Waals surface area contributed by atoms with E-state index in [1.54, 1.807) is 12.1 Å². The summed E-state index contributed by atoms with van der Waals surface area (Å²) in [7, 11) is -2.09.